The van der Waals surface area contributed by atoms with Crippen LogP contribution in [0.4, 0.5) is 19.4 Å². The number of carboxylic acid groups (broad SMARTS) is 1. The van der Waals surface area contributed by atoms with E-state index in [0.717, 1.165) is 12.1 Å². The van der Waals surface area contributed by atoms with Crippen LogP contribution in [0.15, 0.2) is 59.6 Å². The van der Waals surface area contributed by atoms with E-state index in [-0.39, 0.29) is 12.1 Å². The summed E-state index contributed by atoms with van der Waals surface area (Å²) < 4.78 is 65.2. The van der Waals surface area contributed by atoms with Gasteiger partial charge in [-0.25, -0.2) is 4.79 Å². The van der Waals surface area contributed by atoms with Gasteiger partial charge in [-0.15, -0.1) is 0 Å². The van der Waals surface area contributed by atoms with Gasteiger partial charge >= 0.3 is 16.2 Å². The summed E-state index contributed by atoms with van der Waals surface area (Å²) in [7, 11) is -9.69. The average Bonchev–Trinajstić information content (AvgIpc) is 2.88. The second-order valence-electron chi connectivity index (χ2n) is 5.61. The second kappa shape index (κ2) is 4.75. The zero-order valence-electron chi connectivity index (χ0n) is 12.5. The third-order valence-corrected chi connectivity index (χ3v) is 4.90. The standard InChI is InChI=1S/C16H12F5NO2S/c17-25(18,19,20,21)13-6-4-11(5-7-13)10-22-9-8-12-2-1-3-14(15(12)22)16(23)24/h1-9H,10H2,(H,23,24). The molecule has 9 heteroatoms. The van der Waals surface area contributed by atoms with Crippen molar-refractivity contribution in [1.82, 2.24) is 4.57 Å². The van der Waals surface area contributed by atoms with Gasteiger partial charge in [0.15, 0.2) is 0 Å². The third-order valence-electron chi connectivity index (χ3n) is 3.74. The lowest BCUT2D eigenvalue weighted by molar-refractivity contribution is 0.0698. The number of benzene rings is 2. The quantitative estimate of drug-likeness (QED) is 0.563. The molecule has 1 N–H and O–H groups in total. The number of para-hydroxylation sites is 1. The van der Waals surface area contributed by atoms with Crippen molar-refractivity contribution < 1.29 is 29.3 Å². The second-order valence-corrected chi connectivity index (χ2v) is 8.01. The number of fused-ring (bicyclic) bond motifs is 1. The molecule has 0 aliphatic rings. The Morgan fingerprint density at radius 1 is 0.960 bits per heavy atom. The SMILES string of the molecule is O=C(O)c1cccc2ccn(Cc3ccc(S(F)(F)(F)(F)F)cc3)c12. The smallest absolute Gasteiger partial charge is 0.337 e. The summed E-state index contributed by atoms with van der Waals surface area (Å²) in [6.45, 7) is 0.0500. The van der Waals surface area contributed by atoms with Crippen LogP contribution in [0.3, 0.4) is 0 Å². The zero-order valence-corrected chi connectivity index (χ0v) is 13.3. The first-order valence-corrected chi connectivity index (χ1v) is 8.94. The Kier molecular flexibility index (Phi) is 3.28. The van der Waals surface area contributed by atoms with Gasteiger partial charge in [-0.3, -0.25) is 0 Å². The summed E-state index contributed by atoms with van der Waals surface area (Å²) in [5, 5.41) is 9.91. The Balaban J connectivity index is 1.99. The predicted octanol–water partition coefficient (Wildman–Crippen LogP) is 6.05. The lowest BCUT2D eigenvalue weighted by atomic mass is 10.1. The molecule has 0 aliphatic heterocycles. The summed E-state index contributed by atoms with van der Waals surface area (Å²) in [4.78, 5) is 9.37. The monoisotopic (exact) mass is 377 g/mol. The molecule has 2 aromatic carbocycles. The summed E-state index contributed by atoms with van der Waals surface area (Å²) in [6, 6.07) is 8.99. The first kappa shape index (κ1) is 17.3. The fourth-order valence-electron chi connectivity index (χ4n) is 2.61. The maximum absolute atomic E-state index is 12.7. The van der Waals surface area contributed by atoms with Crippen molar-refractivity contribution in [2.24, 2.45) is 0 Å². The molecule has 134 valence electrons. The minimum Gasteiger partial charge on any atom is -0.478 e. The molecule has 3 rings (SSSR count). The van der Waals surface area contributed by atoms with E-state index in [1.807, 2.05) is 0 Å². The lowest BCUT2D eigenvalue weighted by Gasteiger charge is -2.40. The van der Waals surface area contributed by atoms with Gasteiger partial charge in [0.05, 0.1) is 11.1 Å². The van der Waals surface area contributed by atoms with Gasteiger partial charge in [0.25, 0.3) is 0 Å². The number of halogens is 5. The lowest BCUT2D eigenvalue weighted by Crippen LogP contribution is -2.07. The molecule has 25 heavy (non-hydrogen) atoms. The van der Waals surface area contributed by atoms with E-state index in [9.17, 15) is 29.3 Å². The molecular formula is C16H12F5NO2S. The Morgan fingerprint density at radius 2 is 1.60 bits per heavy atom. The van der Waals surface area contributed by atoms with Gasteiger partial charge in [0, 0.05) is 18.1 Å². The van der Waals surface area contributed by atoms with Crippen LogP contribution in [-0.2, 0) is 6.54 Å². The van der Waals surface area contributed by atoms with E-state index < -0.39 is 21.1 Å². The van der Waals surface area contributed by atoms with Crippen molar-refractivity contribution in [2.75, 3.05) is 0 Å². The maximum atomic E-state index is 12.7. The van der Waals surface area contributed by atoms with Crippen LogP contribution in [0.5, 0.6) is 0 Å². The van der Waals surface area contributed by atoms with Gasteiger partial charge in [-0.1, -0.05) is 43.7 Å². The average molecular weight is 377 g/mol. The van der Waals surface area contributed by atoms with Gasteiger partial charge in [0.1, 0.15) is 4.90 Å². The number of carbonyl (C=O) groups is 1. The van der Waals surface area contributed by atoms with E-state index in [1.165, 1.54) is 6.07 Å². The van der Waals surface area contributed by atoms with Crippen LogP contribution in [0.1, 0.15) is 15.9 Å². The van der Waals surface area contributed by atoms with Gasteiger partial charge in [-0.2, -0.15) is 0 Å². The molecular weight excluding hydrogens is 365 g/mol. The van der Waals surface area contributed by atoms with Crippen molar-refractivity contribution in [3.63, 3.8) is 0 Å². The summed E-state index contributed by atoms with van der Waals surface area (Å²) in [5.74, 6) is -1.14. The van der Waals surface area contributed by atoms with Crippen molar-refractivity contribution >= 4 is 27.1 Å². The summed E-state index contributed by atoms with van der Waals surface area (Å²) in [6.07, 6.45) is 1.59. The maximum Gasteiger partial charge on any atom is 0.337 e. The van der Waals surface area contributed by atoms with Crippen LogP contribution in [-0.4, -0.2) is 15.6 Å². The highest BCUT2D eigenvalue weighted by Crippen LogP contribution is 3.02. The minimum atomic E-state index is -9.69. The topological polar surface area (TPSA) is 42.2 Å². The number of hydrogen-bond donors (Lipinski definition) is 1. The molecule has 0 aliphatic carbocycles. The van der Waals surface area contributed by atoms with Crippen molar-refractivity contribution in [3.8, 4) is 0 Å². The number of carboxylic acids is 1. The fraction of sp³-hybridized carbons (Fsp3) is 0.0625. The predicted molar refractivity (Wildman–Crippen MR) is 85.8 cm³/mol. The molecule has 0 saturated carbocycles. The zero-order chi connectivity index (χ0) is 18.5. The number of hydrogen-bond acceptors (Lipinski definition) is 1. The Hall–Kier alpha value is -2.55. The molecule has 0 fully saturated rings. The van der Waals surface area contributed by atoms with Crippen LogP contribution >= 0.6 is 10.2 Å². The van der Waals surface area contributed by atoms with Gasteiger partial charge in [-0.05, 0) is 29.8 Å². The Morgan fingerprint density at radius 3 is 2.16 bits per heavy atom. The number of aromatic nitrogens is 1. The number of nitrogens with zero attached hydrogens (tertiary/aromatic N) is 1. The van der Waals surface area contributed by atoms with Crippen molar-refractivity contribution in [2.45, 2.75) is 11.4 Å². The molecule has 0 radical (unpaired) electrons. The highest BCUT2D eigenvalue weighted by Gasteiger charge is 2.65. The fourth-order valence-corrected chi connectivity index (χ4v) is 3.26. The van der Waals surface area contributed by atoms with Crippen molar-refractivity contribution in [1.29, 1.82) is 0 Å². The van der Waals surface area contributed by atoms with Crippen molar-refractivity contribution in [3.05, 3.63) is 65.9 Å². The molecule has 0 bridgehead atoms. The molecule has 3 nitrogen and oxygen atoms in total. The number of rotatable bonds is 4. The summed E-state index contributed by atoms with van der Waals surface area (Å²) >= 11 is 0. The van der Waals surface area contributed by atoms with Crippen LogP contribution in [0.25, 0.3) is 10.9 Å². The minimum absolute atomic E-state index is 0.0473. The molecule has 1 heterocycles. The largest absolute Gasteiger partial charge is 0.478 e. The highest BCUT2D eigenvalue weighted by molar-refractivity contribution is 8.45. The molecule has 0 atom stereocenters. The van der Waals surface area contributed by atoms with E-state index >= 15 is 0 Å². The third kappa shape index (κ3) is 3.46. The van der Waals surface area contributed by atoms with Gasteiger partial charge < -0.3 is 9.67 Å². The molecule has 1 aromatic heterocycles. The van der Waals surface area contributed by atoms with Crippen LogP contribution in [0.2, 0.25) is 0 Å². The first-order chi connectivity index (χ1) is 11.3. The molecule has 3 aromatic rings. The van der Waals surface area contributed by atoms with E-state index in [0.29, 0.717) is 28.6 Å². The molecule has 0 unspecified atom stereocenters. The molecule has 0 amide bonds. The van der Waals surface area contributed by atoms with E-state index in [4.69, 9.17) is 0 Å². The van der Waals surface area contributed by atoms with Crippen LogP contribution < -0.4 is 0 Å². The normalized spacial score (nSPS) is 14.9. The highest BCUT2D eigenvalue weighted by atomic mass is 32.5. The first-order valence-electron chi connectivity index (χ1n) is 6.99. The van der Waals surface area contributed by atoms with Gasteiger partial charge in [0.2, 0.25) is 0 Å². The molecule has 0 spiro atoms. The Labute approximate surface area is 139 Å². The Bertz CT molecular complexity index is 978. The molecule has 0 saturated heterocycles. The van der Waals surface area contributed by atoms with Crippen LogP contribution in [0, 0.1) is 0 Å². The summed E-state index contributed by atoms with van der Waals surface area (Å²) in [5.41, 5.74) is 0.793. The van der Waals surface area contributed by atoms with E-state index in [1.54, 1.807) is 29.0 Å². The number of aromatic carboxylic acids is 1. The van der Waals surface area contributed by atoms with E-state index in [2.05, 4.69) is 0 Å².